The molecule has 0 heterocycles. The van der Waals surface area contributed by atoms with Crippen LogP contribution in [0.4, 0.5) is 8.78 Å². The highest BCUT2D eigenvalue weighted by molar-refractivity contribution is 5.79. The Morgan fingerprint density at radius 2 is 1.93 bits per heavy atom. The first-order chi connectivity index (χ1) is 6.58. The lowest BCUT2D eigenvalue weighted by Gasteiger charge is -2.21. The van der Waals surface area contributed by atoms with E-state index >= 15 is 0 Å². The van der Waals surface area contributed by atoms with Gasteiger partial charge in [-0.3, -0.25) is 4.79 Å². The molecule has 0 aromatic rings. The Kier molecular flexibility index (Phi) is 2.45. The molecular formula is C10H15F2NO. The smallest absolute Gasteiger partial charge is 0.255 e. The van der Waals surface area contributed by atoms with Crippen molar-refractivity contribution in [2.75, 3.05) is 13.6 Å². The molecule has 2 rings (SSSR count). The predicted octanol–water partition coefficient (Wildman–Crippen LogP) is 1.76. The lowest BCUT2D eigenvalue weighted by molar-refractivity contribution is -0.136. The molecule has 4 heteroatoms. The maximum absolute atomic E-state index is 12.0. The van der Waals surface area contributed by atoms with Gasteiger partial charge in [0.1, 0.15) is 0 Å². The average Bonchev–Trinajstić information content (AvgIpc) is 2.71. The van der Waals surface area contributed by atoms with Gasteiger partial charge >= 0.3 is 0 Å². The summed E-state index contributed by atoms with van der Waals surface area (Å²) < 4.78 is 24.0. The van der Waals surface area contributed by atoms with Crippen LogP contribution in [0.3, 0.4) is 0 Å². The van der Waals surface area contributed by atoms with Gasteiger partial charge in [-0.25, -0.2) is 8.78 Å². The fourth-order valence-electron chi connectivity index (χ4n) is 2.53. The summed E-state index contributed by atoms with van der Waals surface area (Å²) in [6, 6.07) is 0. The first kappa shape index (κ1) is 9.87. The Hall–Kier alpha value is -0.670. The van der Waals surface area contributed by atoms with E-state index in [0.717, 1.165) is 24.7 Å². The Morgan fingerprint density at radius 3 is 2.43 bits per heavy atom. The third kappa shape index (κ3) is 1.88. The van der Waals surface area contributed by atoms with E-state index in [1.54, 1.807) is 0 Å². The summed E-state index contributed by atoms with van der Waals surface area (Å²) in [4.78, 5) is 12.8. The molecule has 2 saturated carbocycles. The Labute approximate surface area is 82.3 Å². The lowest BCUT2D eigenvalue weighted by atomic mass is 10.0. The summed E-state index contributed by atoms with van der Waals surface area (Å²) in [5.41, 5.74) is 0. The Morgan fingerprint density at radius 1 is 1.36 bits per heavy atom. The second kappa shape index (κ2) is 3.48. The molecule has 2 atom stereocenters. The molecule has 1 amide bonds. The quantitative estimate of drug-likeness (QED) is 0.684. The normalized spacial score (nSPS) is 34.4. The van der Waals surface area contributed by atoms with E-state index in [0.29, 0.717) is 0 Å². The van der Waals surface area contributed by atoms with Gasteiger partial charge in [-0.1, -0.05) is 0 Å². The monoisotopic (exact) mass is 203 g/mol. The molecule has 0 radical (unpaired) electrons. The van der Waals surface area contributed by atoms with Gasteiger partial charge < -0.3 is 4.90 Å². The molecular weight excluding hydrogens is 188 g/mol. The van der Waals surface area contributed by atoms with E-state index in [4.69, 9.17) is 0 Å². The van der Waals surface area contributed by atoms with Crippen LogP contribution in [0.5, 0.6) is 0 Å². The van der Waals surface area contributed by atoms with Gasteiger partial charge in [-0.15, -0.1) is 0 Å². The third-order valence-electron chi connectivity index (χ3n) is 3.38. The van der Waals surface area contributed by atoms with Gasteiger partial charge in [0.2, 0.25) is 5.91 Å². The minimum Gasteiger partial charge on any atom is -0.340 e. The molecule has 0 N–H and O–H groups in total. The van der Waals surface area contributed by atoms with E-state index in [1.807, 2.05) is 0 Å². The van der Waals surface area contributed by atoms with E-state index in [2.05, 4.69) is 0 Å². The number of halogens is 2. The van der Waals surface area contributed by atoms with Crippen LogP contribution in [-0.2, 0) is 4.79 Å². The van der Waals surface area contributed by atoms with Gasteiger partial charge in [0.15, 0.2) is 0 Å². The van der Waals surface area contributed by atoms with Crippen molar-refractivity contribution in [2.24, 2.45) is 17.8 Å². The van der Waals surface area contributed by atoms with Gasteiger partial charge in [0.25, 0.3) is 6.43 Å². The van der Waals surface area contributed by atoms with Gasteiger partial charge in [0, 0.05) is 13.0 Å². The number of hydrogen-bond donors (Lipinski definition) is 0. The molecule has 14 heavy (non-hydrogen) atoms. The lowest BCUT2D eigenvalue weighted by Crippen LogP contribution is -2.35. The summed E-state index contributed by atoms with van der Waals surface area (Å²) in [6.07, 6.45) is 0.691. The fraction of sp³-hybridized carbons (Fsp3) is 0.900. The first-order valence-electron chi connectivity index (χ1n) is 5.11. The number of hydrogen-bond acceptors (Lipinski definition) is 1. The second-order valence-corrected chi connectivity index (χ2v) is 4.53. The molecule has 80 valence electrons. The van der Waals surface area contributed by atoms with Crippen LogP contribution in [-0.4, -0.2) is 30.8 Å². The molecule has 2 aliphatic carbocycles. The molecule has 2 aliphatic rings. The summed E-state index contributed by atoms with van der Waals surface area (Å²) in [7, 11) is 1.47. The van der Waals surface area contributed by atoms with E-state index in [9.17, 15) is 13.6 Å². The summed E-state index contributed by atoms with van der Waals surface area (Å²) in [5.74, 6) is 1.40. The van der Waals surface area contributed by atoms with Crippen molar-refractivity contribution in [3.05, 3.63) is 0 Å². The van der Waals surface area contributed by atoms with Crippen molar-refractivity contribution in [2.45, 2.75) is 25.7 Å². The number of amides is 1. The molecule has 2 nitrogen and oxygen atoms in total. The number of carbonyl (C=O) groups excluding carboxylic acids is 1. The van der Waals surface area contributed by atoms with E-state index in [-0.39, 0.29) is 11.8 Å². The zero-order valence-corrected chi connectivity index (χ0v) is 8.25. The predicted molar refractivity (Wildman–Crippen MR) is 48.0 cm³/mol. The molecule has 0 aliphatic heterocycles. The topological polar surface area (TPSA) is 20.3 Å². The van der Waals surface area contributed by atoms with Crippen molar-refractivity contribution in [1.29, 1.82) is 0 Å². The minimum atomic E-state index is -2.42. The minimum absolute atomic E-state index is 0.0301. The molecule has 0 saturated heterocycles. The number of alkyl halides is 2. The van der Waals surface area contributed by atoms with Crippen LogP contribution in [0.15, 0.2) is 0 Å². The van der Waals surface area contributed by atoms with Crippen LogP contribution in [0.25, 0.3) is 0 Å². The van der Waals surface area contributed by atoms with Crippen LogP contribution in [0, 0.1) is 17.8 Å². The standard InChI is InChI=1S/C10H15F2NO/c1-13(5-9(11)12)10(14)8-3-6-2-7(6)4-8/h6-9H,2-5H2,1H3. The van der Waals surface area contributed by atoms with Crippen LogP contribution in [0.2, 0.25) is 0 Å². The molecule has 0 spiro atoms. The van der Waals surface area contributed by atoms with Gasteiger partial charge in [0.05, 0.1) is 6.54 Å². The maximum Gasteiger partial charge on any atom is 0.255 e. The highest BCUT2D eigenvalue weighted by atomic mass is 19.3. The van der Waals surface area contributed by atoms with Crippen LogP contribution in [0.1, 0.15) is 19.3 Å². The van der Waals surface area contributed by atoms with Crippen molar-refractivity contribution in [3.8, 4) is 0 Å². The largest absolute Gasteiger partial charge is 0.340 e. The van der Waals surface area contributed by atoms with Crippen LogP contribution < -0.4 is 0 Å². The Balaban J connectivity index is 1.82. The van der Waals surface area contributed by atoms with Crippen LogP contribution >= 0.6 is 0 Å². The van der Waals surface area contributed by atoms with Gasteiger partial charge in [-0.05, 0) is 31.1 Å². The number of carbonyl (C=O) groups is 1. The second-order valence-electron chi connectivity index (χ2n) is 4.53. The molecule has 2 fully saturated rings. The number of nitrogens with zero attached hydrogens (tertiary/aromatic N) is 1. The van der Waals surface area contributed by atoms with E-state index < -0.39 is 13.0 Å². The maximum atomic E-state index is 12.0. The van der Waals surface area contributed by atoms with Crippen molar-refractivity contribution in [3.63, 3.8) is 0 Å². The molecule has 0 aromatic carbocycles. The highest BCUT2D eigenvalue weighted by Crippen LogP contribution is 2.54. The van der Waals surface area contributed by atoms with Crippen molar-refractivity contribution >= 4 is 5.91 Å². The molecule has 0 bridgehead atoms. The molecule has 0 aromatic heterocycles. The van der Waals surface area contributed by atoms with E-state index in [1.165, 1.54) is 18.4 Å². The third-order valence-corrected chi connectivity index (χ3v) is 3.38. The van der Waals surface area contributed by atoms with Crippen molar-refractivity contribution in [1.82, 2.24) is 4.90 Å². The average molecular weight is 203 g/mol. The summed E-state index contributed by atoms with van der Waals surface area (Å²) >= 11 is 0. The first-order valence-corrected chi connectivity index (χ1v) is 5.11. The summed E-state index contributed by atoms with van der Waals surface area (Å²) in [5, 5.41) is 0. The fourth-order valence-corrected chi connectivity index (χ4v) is 2.53. The molecule has 2 unspecified atom stereocenters. The zero-order valence-electron chi connectivity index (χ0n) is 8.25. The summed E-state index contributed by atoms with van der Waals surface area (Å²) in [6.45, 7) is -0.426. The highest BCUT2D eigenvalue weighted by Gasteiger charge is 2.48. The SMILES string of the molecule is CN(CC(F)F)C(=O)C1CC2CC2C1. The zero-order chi connectivity index (χ0) is 10.3. The number of rotatable bonds is 3. The Bertz CT molecular complexity index is 234. The number of fused-ring (bicyclic) bond motifs is 1. The van der Waals surface area contributed by atoms with Crippen molar-refractivity contribution < 1.29 is 13.6 Å². The van der Waals surface area contributed by atoms with Gasteiger partial charge in [-0.2, -0.15) is 0 Å².